The fourth-order valence-corrected chi connectivity index (χ4v) is 2.86. The first-order valence-electron chi connectivity index (χ1n) is 7.17. The lowest BCUT2D eigenvalue weighted by Crippen LogP contribution is -2.39. The summed E-state index contributed by atoms with van der Waals surface area (Å²) in [6.07, 6.45) is 0. The Kier molecular flexibility index (Phi) is 4.74. The minimum atomic E-state index is -0.472. The van der Waals surface area contributed by atoms with E-state index in [0.29, 0.717) is 30.1 Å². The number of nitrogens with two attached hydrogens (primary N) is 1. The van der Waals surface area contributed by atoms with Crippen LogP contribution in [-0.4, -0.2) is 33.1 Å². The van der Waals surface area contributed by atoms with Crippen LogP contribution in [0.1, 0.15) is 27.7 Å². The first-order valence-corrected chi connectivity index (χ1v) is 7.55. The van der Waals surface area contributed by atoms with Gasteiger partial charge in [-0.3, -0.25) is 4.90 Å². The molecule has 1 aromatic heterocycles. The van der Waals surface area contributed by atoms with E-state index in [1.54, 1.807) is 6.07 Å². The normalized spacial score (nSPS) is 12.2. The Labute approximate surface area is 129 Å². The van der Waals surface area contributed by atoms with Crippen LogP contribution in [0.2, 0.25) is 5.02 Å². The second kappa shape index (κ2) is 6.20. The van der Waals surface area contributed by atoms with Crippen LogP contribution in [0.4, 0.5) is 10.3 Å². The summed E-state index contributed by atoms with van der Waals surface area (Å²) in [6.45, 7) is 10.2. The first kappa shape index (κ1) is 16.0. The summed E-state index contributed by atoms with van der Waals surface area (Å²) in [7, 11) is 0. The lowest BCUT2D eigenvalue weighted by molar-refractivity contribution is 0.169. The molecule has 2 N–H and O–H groups in total. The van der Waals surface area contributed by atoms with E-state index < -0.39 is 5.82 Å². The molecule has 0 radical (unpaired) electrons. The molecule has 21 heavy (non-hydrogen) atoms. The van der Waals surface area contributed by atoms with Gasteiger partial charge in [0.2, 0.25) is 5.95 Å². The van der Waals surface area contributed by atoms with Gasteiger partial charge >= 0.3 is 0 Å². The largest absolute Gasteiger partial charge is 0.369 e. The Morgan fingerprint density at radius 2 is 1.90 bits per heavy atom. The van der Waals surface area contributed by atoms with E-state index in [1.807, 2.05) is 4.57 Å². The fourth-order valence-electron chi connectivity index (χ4n) is 2.70. The van der Waals surface area contributed by atoms with Gasteiger partial charge in [-0.1, -0.05) is 11.6 Å². The van der Waals surface area contributed by atoms with Crippen molar-refractivity contribution in [2.75, 3.05) is 12.3 Å². The van der Waals surface area contributed by atoms with Gasteiger partial charge in [-0.05, 0) is 33.8 Å². The molecule has 0 aliphatic carbocycles. The lowest BCUT2D eigenvalue weighted by atomic mass is 10.2. The molecule has 2 rings (SSSR count). The van der Waals surface area contributed by atoms with Crippen molar-refractivity contribution in [3.05, 3.63) is 23.0 Å². The smallest absolute Gasteiger partial charge is 0.201 e. The maximum atomic E-state index is 13.5. The number of benzene rings is 1. The molecule has 0 saturated heterocycles. The summed E-state index contributed by atoms with van der Waals surface area (Å²) in [5.74, 6) is -0.0843. The topological polar surface area (TPSA) is 47.1 Å². The SMILES string of the molecule is CC(C)N(CCn1c(N)nc2cc(F)c(Cl)cc21)C(C)C. The Morgan fingerprint density at radius 1 is 1.29 bits per heavy atom. The van der Waals surface area contributed by atoms with Gasteiger partial charge in [-0.15, -0.1) is 0 Å². The van der Waals surface area contributed by atoms with Crippen LogP contribution < -0.4 is 5.73 Å². The number of hydrogen-bond acceptors (Lipinski definition) is 3. The molecule has 4 nitrogen and oxygen atoms in total. The molecule has 0 unspecified atom stereocenters. The number of halogens is 2. The zero-order valence-electron chi connectivity index (χ0n) is 12.9. The lowest BCUT2D eigenvalue weighted by Gasteiger charge is -2.30. The van der Waals surface area contributed by atoms with Gasteiger partial charge in [0.25, 0.3) is 0 Å². The van der Waals surface area contributed by atoms with Crippen LogP contribution in [0.3, 0.4) is 0 Å². The first-order chi connectivity index (χ1) is 9.81. The molecule has 0 spiro atoms. The maximum absolute atomic E-state index is 13.5. The van der Waals surface area contributed by atoms with Crippen molar-refractivity contribution < 1.29 is 4.39 Å². The van der Waals surface area contributed by atoms with Crippen LogP contribution in [0.15, 0.2) is 12.1 Å². The number of rotatable bonds is 5. The second-order valence-corrected chi connectivity index (χ2v) is 6.21. The molecular formula is C15H22ClFN4. The number of hydrogen-bond donors (Lipinski definition) is 1. The Bertz CT molecular complexity index is 628. The van der Waals surface area contributed by atoms with E-state index in [1.165, 1.54) is 6.07 Å². The molecule has 2 aromatic rings. The van der Waals surface area contributed by atoms with Gasteiger partial charge in [0.05, 0.1) is 16.1 Å². The van der Waals surface area contributed by atoms with Crippen LogP contribution in [0, 0.1) is 5.82 Å². The number of nitrogen functional groups attached to an aromatic ring is 1. The number of anilines is 1. The highest BCUT2D eigenvalue weighted by Crippen LogP contribution is 2.25. The molecular weight excluding hydrogens is 291 g/mol. The quantitative estimate of drug-likeness (QED) is 0.918. The molecule has 0 aliphatic rings. The molecule has 0 aliphatic heterocycles. The summed E-state index contributed by atoms with van der Waals surface area (Å²) >= 11 is 5.87. The predicted molar refractivity (Wildman–Crippen MR) is 86.1 cm³/mol. The average molecular weight is 313 g/mol. The predicted octanol–water partition coefficient (Wildman–Crippen LogP) is 3.53. The minimum absolute atomic E-state index is 0.0909. The highest BCUT2D eigenvalue weighted by Gasteiger charge is 2.16. The van der Waals surface area contributed by atoms with Gasteiger partial charge in [-0.2, -0.15) is 0 Å². The van der Waals surface area contributed by atoms with E-state index >= 15 is 0 Å². The summed E-state index contributed by atoms with van der Waals surface area (Å²) in [5, 5.41) is 0.0909. The third-order valence-electron chi connectivity index (χ3n) is 3.73. The van der Waals surface area contributed by atoms with Gasteiger partial charge in [0.1, 0.15) is 5.82 Å². The molecule has 6 heteroatoms. The highest BCUT2D eigenvalue weighted by molar-refractivity contribution is 6.31. The van der Waals surface area contributed by atoms with Crippen LogP contribution in [-0.2, 0) is 6.54 Å². The van der Waals surface area contributed by atoms with E-state index in [-0.39, 0.29) is 5.02 Å². The summed E-state index contributed by atoms with van der Waals surface area (Å²) < 4.78 is 15.4. The third kappa shape index (κ3) is 3.30. The molecule has 1 heterocycles. The van der Waals surface area contributed by atoms with Gasteiger partial charge in [0, 0.05) is 31.2 Å². The van der Waals surface area contributed by atoms with Crippen molar-refractivity contribution in [3.63, 3.8) is 0 Å². The molecule has 0 fully saturated rings. The van der Waals surface area contributed by atoms with E-state index in [2.05, 4.69) is 37.6 Å². The Hall–Kier alpha value is -1.33. The Balaban J connectivity index is 2.30. The maximum Gasteiger partial charge on any atom is 0.201 e. The van der Waals surface area contributed by atoms with Gasteiger partial charge < -0.3 is 10.3 Å². The molecule has 1 aromatic carbocycles. The molecule has 0 bridgehead atoms. The van der Waals surface area contributed by atoms with Gasteiger partial charge in [0.15, 0.2) is 0 Å². The van der Waals surface area contributed by atoms with Crippen molar-refractivity contribution >= 4 is 28.6 Å². The van der Waals surface area contributed by atoms with Gasteiger partial charge in [-0.25, -0.2) is 9.37 Å². The number of fused-ring (bicyclic) bond motifs is 1. The van der Waals surface area contributed by atoms with Crippen molar-refractivity contribution in [1.29, 1.82) is 0 Å². The van der Waals surface area contributed by atoms with Crippen LogP contribution in [0.5, 0.6) is 0 Å². The van der Waals surface area contributed by atoms with E-state index in [9.17, 15) is 4.39 Å². The van der Waals surface area contributed by atoms with E-state index in [4.69, 9.17) is 17.3 Å². The molecule has 0 atom stereocenters. The third-order valence-corrected chi connectivity index (χ3v) is 4.02. The van der Waals surface area contributed by atoms with E-state index in [0.717, 1.165) is 12.1 Å². The standard InChI is InChI=1S/C15H22ClFN4/c1-9(2)20(10(3)4)5-6-21-14-7-11(16)12(17)8-13(14)19-15(21)18/h7-10H,5-6H2,1-4H3,(H2,18,19). The van der Waals surface area contributed by atoms with Crippen molar-refractivity contribution in [1.82, 2.24) is 14.5 Å². The summed E-state index contributed by atoms with van der Waals surface area (Å²) in [4.78, 5) is 6.58. The molecule has 0 amide bonds. The zero-order valence-corrected chi connectivity index (χ0v) is 13.7. The number of nitrogens with zero attached hydrogens (tertiary/aromatic N) is 3. The Morgan fingerprint density at radius 3 is 2.48 bits per heavy atom. The molecule has 116 valence electrons. The van der Waals surface area contributed by atoms with Crippen LogP contribution >= 0.6 is 11.6 Å². The summed E-state index contributed by atoms with van der Waals surface area (Å²) in [6, 6.07) is 3.81. The highest BCUT2D eigenvalue weighted by atomic mass is 35.5. The molecule has 0 saturated carbocycles. The number of aromatic nitrogens is 2. The zero-order chi connectivity index (χ0) is 15.7. The summed E-state index contributed by atoms with van der Waals surface area (Å²) in [5.41, 5.74) is 7.27. The van der Waals surface area contributed by atoms with Crippen molar-refractivity contribution in [2.24, 2.45) is 0 Å². The fraction of sp³-hybridized carbons (Fsp3) is 0.533. The average Bonchev–Trinajstić information content (AvgIpc) is 2.65. The van der Waals surface area contributed by atoms with Crippen molar-refractivity contribution in [3.8, 4) is 0 Å². The van der Waals surface area contributed by atoms with Crippen LogP contribution in [0.25, 0.3) is 11.0 Å². The monoisotopic (exact) mass is 312 g/mol. The number of imidazole rings is 1. The van der Waals surface area contributed by atoms with Crippen molar-refractivity contribution in [2.45, 2.75) is 46.3 Å². The minimum Gasteiger partial charge on any atom is -0.369 e. The second-order valence-electron chi connectivity index (χ2n) is 5.80.